The Bertz CT molecular complexity index is 193. The van der Waals surface area contributed by atoms with E-state index < -0.39 is 18.2 Å². The number of urea groups is 1. The van der Waals surface area contributed by atoms with E-state index in [9.17, 15) is 9.59 Å². The predicted octanol–water partition coefficient (Wildman–Crippen LogP) is -0.0314. The summed E-state index contributed by atoms with van der Waals surface area (Å²) in [5.74, 6) is -0.406. The third-order valence-corrected chi connectivity index (χ3v) is 1.52. The topological polar surface area (TPSA) is 67.4 Å². The zero-order valence-corrected chi connectivity index (χ0v) is 6.92. The third kappa shape index (κ3) is 2.20. The molecule has 2 N–H and O–H groups in total. The van der Waals surface area contributed by atoms with Gasteiger partial charge in [-0.15, -0.1) is 0 Å². The molecule has 5 heteroatoms. The summed E-state index contributed by atoms with van der Waals surface area (Å²) in [6.07, 6.45) is 1.10. The number of unbranched alkanes of at least 4 members (excludes halogenated alkanes) is 1. The van der Waals surface area contributed by atoms with E-state index >= 15 is 0 Å². The quantitative estimate of drug-likeness (QED) is 0.462. The van der Waals surface area contributed by atoms with Crippen LogP contribution < -0.4 is 10.6 Å². The van der Waals surface area contributed by atoms with Crippen LogP contribution in [0, 0.1) is 0 Å². The molecule has 0 aromatic rings. The van der Waals surface area contributed by atoms with E-state index in [1.54, 1.807) is 0 Å². The molecule has 0 radical (unpaired) electrons. The van der Waals surface area contributed by atoms with Crippen LogP contribution in [0.2, 0.25) is 0 Å². The van der Waals surface area contributed by atoms with Crippen molar-refractivity contribution in [3.8, 4) is 0 Å². The van der Waals surface area contributed by atoms with Crippen LogP contribution in [0.5, 0.6) is 0 Å². The van der Waals surface area contributed by atoms with Crippen LogP contribution in [0.3, 0.4) is 0 Å². The van der Waals surface area contributed by atoms with Crippen molar-refractivity contribution >= 4 is 11.9 Å². The first-order valence-corrected chi connectivity index (χ1v) is 3.97. The smallest absolute Gasteiger partial charge is 0.323 e. The van der Waals surface area contributed by atoms with Crippen LogP contribution >= 0.6 is 0 Å². The Morgan fingerprint density at radius 2 is 2.25 bits per heavy atom. The molecule has 3 amide bonds. The molecule has 0 bridgehead atoms. The number of carbonyl (C=O) groups excluding carboxylic acids is 2. The number of nitrogens with one attached hydrogen (secondary N) is 2. The van der Waals surface area contributed by atoms with Gasteiger partial charge in [0.05, 0.1) is 0 Å². The first kappa shape index (κ1) is 8.99. The van der Waals surface area contributed by atoms with E-state index in [-0.39, 0.29) is 0 Å². The van der Waals surface area contributed by atoms with Gasteiger partial charge in [0.15, 0.2) is 0 Å². The summed E-state index contributed by atoms with van der Waals surface area (Å²) < 4.78 is 5.08. The lowest BCUT2D eigenvalue weighted by molar-refractivity contribution is -0.130. The lowest BCUT2D eigenvalue weighted by Crippen LogP contribution is -2.32. The molecule has 1 aliphatic heterocycles. The van der Waals surface area contributed by atoms with Crippen molar-refractivity contribution in [1.29, 1.82) is 0 Å². The molecule has 12 heavy (non-hydrogen) atoms. The summed E-state index contributed by atoms with van der Waals surface area (Å²) in [5, 5.41) is 4.42. The molecule has 1 heterocycles. The number of hydrogen-bond acceptors (Lipinski definition) is 3. The lowest BCUT2D eigenvalue weighted by Gasteiger charge is -2.07. The Kier molecular flexibility index (Phi) is 3.04. The number of amides is 3. The average molecular weight is 172 g/mol. The van der Waals surface area contributed by atoms with Crippen LogP contribution in [-0.2, 0) is 9.53 Å². The largest absolute Gasteiger partial charge is 0.349 e. The Labute approximate surface area is 70.5 Å². The first-order chi connectivity index (χ1) is 5.74. The first-order valence-electron chi connectivity index (χ1n) is 3.97. The van der Waals surface area contributed by atoms with Crippen molar-refractivity contribution < 1.29 is 14.3 Å². The fraction of sp³-hybridized carbons (Fsp3) is 0.714. The van der Waals surface area contributed by atoms with Crippen LogP contribution in [-0.4, -0.2) is 24.8 Å². The molecule has 0 aliphatic carbocycles. The van der Waals surface area contributed by atoms with E-state index in [0.29, 0.717) is 6.61 Å². The highest BCUT2D eigenvalue weighted by atomic mass is 16.5. The summed E-state index contributed by atoms with van der Waals surface area (Å²) in [7, 11) is 0. The molecular weight excluding hydrogens is 160 g/mol. The molecule has 0 aromatic carbocycles. The second-order valence-corrected chi connectivity index (χ2v) is 2.57. The highest BCUT2D eigenvalue weighted by molar-refractivity contribution is 6.03. The van der Waals surface area contributed by atoms with Crippen molar-refractivity contribution in [2.24, 2.45) is 0 Å². The Morgan fingerprint density at radius 3 is 2.75 bits per heavy atom. The third-order valence-electron chi connectivity index (χ3n) is 1.52. The molecule has 68 valence electrons. The van der Waals surface area contributed by atoms with E-state index in [0.717, 1.165) is 12.8 Å². The molecule has 1 rings (SSSR count). The number of imide groups is 1. The number of rotatable bonds is 4. The summed E-state index contributed by atoms with van der Waals surface area (Å²) >= 11 is 0. The summed E-state index contributed by atoms with van der Waals surface area (Å²) in [6.45, 7) is 2.52. The van der Waals surface area contributed by atoms with Gasteiger partial charge in [-0.05, 0) is 6.42 Å². The van der Waals surface area contributed by atoms with E-state index in [2.05, 4.69) is 10.6 Å². The van der Waals surface area contributed by atoms with Gasteiger partial charge >= 0.3 is 6.03 Å². The van der Waals surface area contributed by atoms with Gasteiger partial charge in [-0.25, -0.2) is 4.79 Å². The molecule has 1 atom stereocenters. The highest BCUT2D eigenvalue weighted by Gasteiger charge is 2.29. The molecule has 1 saturated heterocycles. The lowest BCUT2D eigenvalue weighted by atomic mass is 10.4. The Morgan fingerprint density at radius 1 is 1.50 bits per heavy atom. The second kappa shape index (κ2) is 4.06. The molecule has 1 fully saturated rings. The fourth-order valence-corrected chi connectivity index (χ4v) is 0.861. The van der Waals surface area contributed by atoms with Gasteiger partial charge in [0, 0.05) is 6.61 Å². The van der Waals surface area contributed by atoms with Crippen LogP contribution in [0.1, 0.15) is 19.8 Å². The van der Waals surface area contributed by atoms with Crippen molar-refractivity contribution in [3.05, 3.63) is 0 Å². The van der Waals surface area contributed by atoms with Gasteiger partial charge in [0.25, 0.3) is 5.91 Å². The van der Waals surface area contributed by atoms with E-state index in [1.165, 1.54) is 0 Å². The maximum absolute atomic E-state index is 10.9. The van der Waals surface area contributed by atoms with Crippen molar-refractivity contribution in [1.82, 2.24) is 10.6 Å². The summed E-state index contributed by atoms with van der Waals surface area (Å²) in [4.78, 5) is 21.4. The van der Waals surface area contributed by atoms with Crippen molar-refractivity contribution in [2.75, 3.05) is 6.61 Å². The molecule has 0 spiro atoms. The Hall–Kier alpha value is -1.10. The zero-order valence-electron chi connectivity index (χ0n) is 6.92. The number of hydrogen-bond donors (Lipinski definition) is 2. The molecule has 0 aromatic heterocycles. The molecule has 5 nitrogen and oxygen atoms in total. The van der Waals surface area contributed by atoms with Gasteiger partial charge in [0.2, 0.25) is 6.23 Å². The van der Waals surface area contributed by atoms with Gasteiger partial charge in [-0.3, -0.25) is 10.1 Å². The van der Waals surface area contributed by atoms with Crippen LogP contribution in [0.25, 0.3) is 0 Å². The van der Waals surface area contributed by atoms with Gasteiger partial charge in [0.1, 0.15) is 0 Å². The number of carbonyl (C=O) groups is 2. The molecule has 0 saturated carbocycles. The van der Waals surface area contributed by atoms with Gasteiger partial charge in [-0.2, -0.15) is 0 Å². The summed E-state index contributed by atoms with van der Waals surface area (Å²) in [6, 6.07) is -0.485. The van der Waals surface area contributed by atoms with Crippen molar-refractivity contribution in [3.63, 3.8) is 0 Å². The normalized spacial score (nSPS) is 22.2. The van der Waals surface area contributed by atoms with Crippen molar-refractivity contribution in [2.45, 2.75) is 26.0 Å². The van der Waals surface area contributed by atoms with Crippen LogP contribution in [0.4, 0.5) is 4.79 Å². The minimum absolute atomic E-state index is 0.406. The standard InChI is InChI=1S/C7H12N2O3/c1-2-3-4-12-6-5(10)8-7(11)9-6/h6H,2-4H2,1H3,(H2,8,9,10,11)/t6-/m1/s1. The minimum Gasteiger partial charge on any atom is -0.349 e. The second-order valence-electron chi connectivity index (χ2n) is 2.57. The van der Waals surface area contributed by atoms with Crippen LogP contribution in [0.15, 0.2) is 0 Å². The predicted molar refractivity (Wildman–Crippen MR) is 41.3 cm³/mol. The molecule has 1 aliphatic rings. The average Bonchev–Trinajstić information content (AvgIpc) is 2.31. The summed E-state index contributed by atoms with van der Waals surface area (Å²) in [5.41, 5.74) is 0. The highest BCUT2D eigenvalue weighted by Crippen LogP contribution is 1.97. The van der Waals surface area contributed by atoms with E-state index in [1.807, 2.05) is 6.92 Å². The monoisotopic (exact) mass is 172 g/mol. The molecule has 0 unspecified atom stereocenters. The SMILES string of the molecule is CCCCO[C@H]1NC(=O)NC1=O. The number of ether oxygens (including phenoxy) is 1. The maximum Gasteiger partial charge on any atom is 0.323 e. The minimum atomic E-state index is -0.788. The van der Waals surface area contributed by atoms with E-state index in [4.69, 9.17) is 4.74 Å². The van der Waals surface area contributed by atoms with Gasteiger partial charge in [-0.1, -0.05) is 13.3 Å². The maximum atomic E-state index is 10.9. The fourth-order valence-electron chi connectivity index (χ4n) is 0.861. The molecular formula is C7H12N2O3. The Balaban J connectivity index is 2.24. The van der Waals surface area contributed by atoms with Gasteiger partial charge < -0.3 is 10.1 Å². The zero-order chi connectivity index (χ0) is 8.97.